The monoisotopic (exact) mass is 517 g/mol. The van der Waals surface area contributed by atoms with E-state index in [1.54, 1.807) is 47.4 Å². The Bertz CT molecular complexity index is 1440. The number of carbonyl (C=O) groups excluding carboxylic acids is 1. The minimum Gasteiger partial charge on any atom is -0.478 e. The summed E-state index contributed by atoms with van der Waals surface area (Å²) in [5.41, 5.74) is 1.11. The molecule has 2 aromatic carbocycles. The predicted molar refractivity (Wildman–Crippen MR) is 141 cm³/mol. The Labute approximate surface area is 216 Å². The Morgan fingerprint density at radius 1 is 1.11 bits per heavy atom. The molecule has 0 spiro atoms. The summed E-state index contributed by atoms with van der Waals surface area (Å²) in [5, 5.41) is 21.0. The normalized spacial score (nSPS) is 18.6. The maximum absolute atomic E-state index is 13.5. The molecule has 37 heavy (non-hydrogen) atoms. The van der Waals surface area contributed by atoms with Crippen molar-refractivity contribution in [1.29, 1.82) is 0 Å². The number of carbonyl (C=O) groups is 2. The fraction of sp³-hybridized carbons (Fsp3) is 0.222. The van der Waals surface area contributed by atoms with Crippen LogP contribution in [0.3, 0.4) is 0 Å². The number of amidine groups is 1. The van der Waals surface area contributed by atoms with Crippen molar-refractivity contribution in [2.24, 2.45) is 4.99 Å². The number of aliphatic imine (C=N–C) groups is 1. The van der Waals surface area contributed by atoms with Crippen molar-refractivity contribution in [3.8, 4) is 11.3 Å². The highest BCUT2D eigenvalue weighted by molar-refractivity contribution is 8.18. The minimum absolute atomic E-state index is 0.0260. The summed E-state index contributed by atoms with van der Waals surface area (Å²) in [6.07, 6.45) is 6.61. The predicted octanol–water partition coefficient (Wildman–Crippen LogP) is 6.49. The van der Waals surface area contributed by atoms with E-state index in [1.807, 2.05) is 0 Å². The van der Waals surface area contributed by atoms with Gasteiger partial charge in [-0.2, -0.15) is 0 Å². The van der Waals surface area contributed by atoms with E-state index < -0.39 is 10.9 Å². The molecule has 2 fully saturated rings. The number of carboxylic acid groups (broad SMARTS) is 1. The molecule has 10 heteroatoms. The summed E-state index contributed by atoms with van der Waals surface area (Å²) in [5.74, 6) is -0.317. The second-order valence-electron chi connectivity index (χ2n) is 8.84. The van der Waals surface area contributed by atoms with Crippen molar-refractivity contribution < 1.29 is 24.0 Å². The van der Waals surface area contributed by atoms with Gasteiger partial charge in [0.15, 0.2) is 5.17 Å². The number of carboxylic acids is 1. The molecule has 2 heterocycles. The number of nitro benzene ring substituents is 1. The maximum Gasteiger partial charge on any atom is 0.335 e. The van der Waals surface area contributed by atoms with E-state index >= 15 is 0 Å². The number of hydrogen-bond acceptors (Lipinski definition) is 7. The number of hydrogen-bond donors (Lipinski definition) is 1. The quantitative estimate of drug-likeness (QED) is 0.225. The van der Waals surface area contributed by atoms with Gasteiger partial charge in [0, 0.05) is 29.8 Å². The molecule has 1 amide bonds. The molecule has 5 rings (SSSR count). The third kappa shape index (κ3) is 5.34. The van der Waals surface area contributed by atoms with Crippen molar-refractivity contribution in [3.63, 3.8) is 0 Å². The standard InChI is InChI=1S/C27H23N3O6S/c31-25-24(16-22-12-13-23(36-22)17-6-5-11-21(15-17)30(34)35)37-27(29(25)20-9-2-1-3-10-20)28-19-8-4-7-18(14-19)26(32)33/h4-8,11-16,20H,1-3,9-10H2,(H,32,33)/b24-16+,28-27?. The summed E-state index contributed by atoms with van der Waals surface area (Å²) in [4.78, 5) is 42.4. The molecule has 1 saturated carbocycles. The van der Waals surface area contributed by atoms with E-state index in [9.17, 15) is 24.8 Å². The molecule has 3 aromatic rings. The number of nitro groups is 1. The Morgan fingerprint density at radius 2 is 1.89 bits per heavy atom. The van der Waals surface area contributed by atoms with Crippen LogP contribution in [0.5, 0.6) is 0 Å². The van der Waals surface area contributed by atoms with Crippen molar-refractivity contribution in [3.05, 3.63) is 87.0 Å². The molecule has 1 aromatic heterocycles. The van der Waals surface area contributed by atoms with Gasteiger partial charge in [0.05, 0.1) is 21.1 Å². The van der Waals surface area contributed by atoms with Gasteiger partial charge in [0.2, 0.25) is 0 Å². The van der Waals surface area contributed by atoms with E-state index in [1.165, 1.54) is 36.0 Å². The van der Waals surface area contributed by atoms with E-state index in [2.05, 4.69) is 4.99 Å². The number of thioether (sulfide) groups is 1. The van der Waals surface area contributed by atoms with Gasteiger partial charge in [0.1, 0.15) is 11.5 Å². The number of amides is 1. The van der Waals surface area contributed by atoms with Crippen LogP contribution in [-0.2, 0) is 4.79 Å². The Balaban J connectivity index is 1.47. The first-order valence-electron chi connectivity index (χ1n) is 11.9. The molecule has 9 nitrogen and oxygen atoms in total. The van der Waals surface area contributed by atoms with Crippen LogP contribution in [0.15, 0.2) is 75.0 Å². The molecule has 1 aliphatic carbocycles. The van der Waals surface area contributed by atoms with Crippen LogP contribution in [0.1, 0.15) is 48.2 Å². The first-order valence-corrected chi connectivity index (χ1v) is 12.7. The van der Waals surface area contributed by atoms with Gasteiger partial charge >= 0.3 is 5.97 Å². The van der Waals surface area contributed by atoms with E-state index in [0.29, 0.717) is 32.8 Å². The van der Waals surface area contributed by atoms with Crippen LogP contribution in [-0.4, -0.2) is 38.0 Å². The lowest BCUT2D eigenvalue weighted by molar-refractivity contribution is -0.384. The highest BCUT2D eigenvalue weighted by Gasteiger charge is 2.39. The molecular formula is C27H23N3O6S. The molecule has 0 radical (unpaired) electrons. The van der Waals surface area contributed by atoms with Crippen molar-refractivity contribution in [1.82, 2.24) is 4.90 Å². The highest BCUT2D eigenvalue weighted by atomic mass is 32.2. The highest BCUT2D eigenvalue weighted by Crippen LogP contribution is 2.39. The van der Waals surface area contributed by atoms with Crippen LogP contribution >= 0.6 is 11.8 Å². The van der Waals surface area contributed by atoms with Gasteiger partial charge in [-0.3, -0.25) is 19.8 Å². The van der Waals surface area contributed by atoms with E-state index in [4.69, 9.17) is 4.42 Å². The van der Waals surface area contributed by atoms with E-state index in [-0.39, 0.29) is 23.2 Å². The number of furan rings is 1. The van der Waals surface area contributed by atoms with Crippen LogP contribution in [0.2, 0.25) is 0 Å². The summed E-state index contributed by atoms with van der Waals surface area (Å²) >= 11 is 1.23. The Kier molecular flexibility index (Phi) is 6.91. The van der Waals surface area contributed by atoms with E-state index in [0.717, 1.165) is 32.1 Å². The molecule has 1 aliphatic heterocycles. The third-order valence-electron chi connectivity index (χ3n) is 6.34. The molecule has 2 aliphatic rings. The molecule has 1 saturated heterocycles. The lowest BCUT2D eigenvalue weighted by Crippen LogP contribution is -2.40. The SMILES string of the molecule is O=C(O)c1cccc(N=C2S/C(=C/c3ccc(-c4cccc([N+](=O)[O-])c4)o3)C(=O)N2C2CCCCC2)c1. The molecule has 0 bridgehead atoms. The largest absolute Gasteiger partial charge is 0.478 e. The smallest absolute Gasteiger partial charge is 0.335 e. The summed E-state index contributed by atoms with van der Waals surface area (Å²) in [6.45, 7) is 0. The maximum atomic E-state index is 13.5. The molecular weight excluding hydrogens is 494 g/mol. The number of nitrogens with zero attached hydrogens (tertiary/aromatic N) is 3. The number of benzene rings is 2. The average Bonchev–Trinajstić information content (AvgIpc) is 3.49. The van der Waals surface area contributed by atoms with Gasteiger partial charge < -0.3 is 9.52 Å². The van der Waals surface area contributed by atoms with Crippen molar-refractivity contribution in [2.45, 2.75) is 38.1 Å². The Morgan fingerprint density at radius 3 is 2.65 bits per heavy atom. The molecule has 188 valence electrons. The third-order valence-corrected chi connectivity index (χ3v) is 7.32. The first-order chi connectivity index (χ1) is 17.9. The zero-order valence-electron chi connectivity index (χ0n) is 19.7. The van der Waals surface area contributed by atoms with Gasteiger partial charge in [-0.25, -0.2) is 9.79 Å². The van der Waals surface area contributed by atoms with Gasteiger partial charge in [-0.05, 0) is 54.9 Å². The average molecular weight is 518 g/mol. The number of non-ortho nitro benzene ring substituents is 1. The van der Waals surface area contributed by atoms with Gasteiger partial charge in [-0.15, -0.1) is 0 Å². The lowest BCUT2D eigenvalue weighted by atomic mass is 9.94. The zero-order chi connectivity index (χ0) is 25.9. The topological polar surface area (TPSA) is 126 Å². The fourth-order valence-electron chi connectivity index (χ4n) is 4.53. The second-order valence-corrected chi connectivity index (χ2v) is 9.85. The summed E-state index contributed by atoms with van der Waals surface area (Å²) in [7, 11) is 0. The Hall–Kier alpha value is -4.18. The number of rotatable bonds is 6. The lowest BCUT2D eigenvalue weighted by Gasteiger charge is -2.30. The van der Waals surface area contributed by atoms with Gasteiger partial charge in [0.25, 0.3) is 11.6 Å². The van der Waals surface area contributed by atoms with Gasteiger partial charge in [-0.1, -0.05) is 37.5 Å². The van der Waals surface area contributed by atoms with Crippen molar-refractivity contribution >= 4 is 46.3 Å². The summed E-state index contributed by atoms with van der Waals surface area (Å²) in [6, 6.07) is 15.9. The second kappa shape index (κ2) is 10.4. The molecule has 1 N–H and O–H groups in total. The van der Waals surface area contributed by atoms with Crippen LogP contribution in [0, 0.1) is 10.1 Å². The number of aromatic carboxylic acids is 1. The van der Waals surface area contributed by atoms with Crippen molar-refractivity contribution in [2.75, 3.05) is 0 Å². The first kappa shape index (κ1) is 24.5. The van der Waals surface area contributed by atoms with Crippen LogP contribution in [0.4, 0.5) is 11.4 Å². The minimum atomic E-state index is -1.04. The molecule has 0 atom stereocenters. The zero-order valence-corrected chi connectivity index (χ0v) is 20.5. The fourth-order valence-corrected chi connectivity index (χ4v) is 5.57. The van der Waals surface area contributed by atoms with Crippen LogP contribution in [0.25, 0.3) is 17.4 Å². The summed E-state index contributed by atoms with van der Waals surface area (Å²) < 4.78 is 5.90. The molecule has 0 unspecified atom stereocenters. The van der Waals surface area contributed by atoms with Crippen LogP contribution < -0.4 is 0 Å².